The third-order valence-corrected chi connectivity index (χ3v) is 9.35. The normalized spacial score (nSPS) is 19.2. The van der Waals surface area contributed by atoms with Gasteiger partial charge in [-0.25, -0.2) is 27.8 Å². The van der Waals surface area contributed by atoms with Gasteiger partial charge >= 0.3 is 12.1 Å². The summed E-state index contributed by atoms with van der Waals surface area (Å²) in [5.74, 6) is -3.21. The molecule has 1 amide bonds. The van der Waals surface area contributed by atoms with Crippen molar-refractivity contribution < 1.29 is 40.7 Å². The Kier molecular flexibility index (Phi) is 9.52. The summed E-state index contributed by atoms with van der Waals surface area (Å²) in [7, 11) is 0. The Morgan fingerprint density at radius 2 is 1.77 bits per heavy atom. The summed E-state index contributed by atoms with van der Waals surface area (Å²) < 4.78 is 90.3. The zero-order chi connectivity index (χ0) is 37.6. The Bertz CT molecular complexity index is 2000. The van der Waals surface area contributed by atoms with Crippen molar-refractivity contribution in [2.45, 2.75) is 69.4 Å². The van der Waals surface area contributed by atoms with Crippen LogP contribution < -0.4 is 5.73 Å². The van der Waals surface area contributed by atoms with Crippen LogP contribution >= 0.6 is 11.6 Å². The van der Waals surface area contributed by atoms with Gasteiger partial charge in [-0.1, -0.05) is 41.9 Å². The topological polar surface area (TPSA) is 141 Å². The van der Waals surface area contributed by atoms with Gasteiger partial charge in [0.05, 0.1) is 40.5 Å². The molecule has 52 heavy (non-hydrogen) atoms. The number of benzene rings is 2. The van der Waals surface area contributed by atoms with Crippen LogP contribution in [0.1, 0.15) is 68.9 Å². The van der Waals surface area contributed by atoms with Gasteiger partial charge < -0.3 is 10.5 Å². The number of nitrogens with zero attached hydrogens (tertiary/aromatic N) is 7. The first kappa shape index (κ1) is 36.7. The Morgan fingerprint density at radius 3 is 2.37 bits per heavy atom. The van der Waals surface area contributed by atoms with Gasteiger partial charge in [0.1, 0.15) is 18.6 Å². The zero-order valence-electron chi connectivity index (χ0n) is 27.6. The van der Waals surface area contributed by atoms with Crippen LogP contribution in [0.4, 0.5) is 26.3 Å². The number of nitrogens with two attached hydrogens (primary N) is 1. The first-order valence-corrected chi connectivity index (χ1v) is 16.3. The largest absolute Gasteiger partial charge is 0.463 e. The fourth-order valence-electron chi connectivity index (χ4n) is 6.29. The number of carbonyl (C=O) groups excluding carboxylic acids is 2. The van der Waals surface area contributed by atoms with Crippen molar-refractivity contribution in [2.24, 2.45) is 16.1 Å². The predicted molar refractivity (Wildman–Crippen MR) is 175 cm³/mol. The molecule has 1 fully saturated rings. The van der Waals surface area contributed by atoms with E-state index in [4.69, 9.17) is 22.1 Å². The molecule has 2 aliphatic rings. The third-order valence-electron chi connectivity index (χ3n) is 9.03. The molecule has 2 aromatic carbocycles. The lowest BCUT2D eigenvalue weighted by atomic mass is 9.80. The lowest BCUT2D eigenvalue weighted by molar-refractivity contribution is -0.195. The van der Waals surface area contributed by atoms with Crippen LogP contribution in [0.5, 0.6) is 0 Å². The first-order valence-electron chi connectivity index (χ1n) is 15.9. The van der Waals surface area contributed by atoms with Crippen LogP contribution in [0.25, 0.3) is 16.9 Å². The van der Waals surface area contributed by atoms with E-state index < -0.39 is 78.4 Å². The van der Waals surface area contributed by atoms with Crippen LogP contribution in [-0.2, 0) is 19.9 Å². The van der Waals surface area contributed by atoms with Crippen LogP contribution in [0, 0.1) is 5.41 Å². The maximum atomic E-state index is 15.6. The number of guanidine groups is 1. The maximum absolute atomic E-state index is 15.6. The fraction of sp³-hybridized carbons (Fsp3) is 0.382. The molecular weight excluding hydrogens is 718 g/mol. The Labute approximate surface area is 297 Å². The second-order valence-electron chi connectivity index (χ2n) is 13.3. The number of aliphatic imine (C=N–C) groups is 1. The number of hydrogen-bond acceptors (Lipinski definition) is 9. The van der Waals surface area contributed by atoms with E-state index in [-0.39, 0.29) is 34.7 Å². The lowest BCUT2D eigenvalue weighted by Crippen LogP contribution is -2.48. The van der Waals surface area contributed by atoms with Gasteiger partial charge in [0.15, 0.2) is 17.3 Å². The average molecular weight is 749 g/mol. The van der Waals surface area contributed by atoms with Gasteiger partial charge in [0.2, 0.25) is 0 Å². The molecule has 0 saturated heterocycles. The molecule has 18 heteroatoms. The van der Waals surface area contributed by atoms with E-state index in [9.17, 15) is 31.5 Å². The van der Waals surface area contributed by atoms with Crippen LogP contribution in [0.3, 0.4) is 0 Å². The molecule has 274 valence electrons. The quantitative estimate of drug-likeness (QED) is 0.123. The van der Waals surface area contributed by atoms with Gasteiger partial charge in [0.25, 0.3) is 12.3 Å². The number of carbonyl (C=O) groups is 2. The summed E-state index contributed by atoms with van der Waals surface area (Å²) >= 11 is 6.39. The summed E-state index contributed by atoms with van der Waals surface area (Å²) in [6, 6.07) is 8.97. The summed E-state index contributed by atoms with van der Waals surface area (Å²) in [6.07, 6.45) is -4.23. The smallest absolute Gasteiger partial charge is 0.395 e. The predicted octanol–water partition coefficient (Wildman–Crippen LogP) is 6.82. The van der Waals surface area contributed by atoms with Crippen LogP contribution in [0.15, 0.2) is 72.4 Å². The van der Waals surface area contributed by atoms with Crippen molar-refractivity contribution >= 4 is 29.4 Å². The first-order chi connectivity index (χ1) is 24.4. The van der Waals surface area contributed by atoms with E-state index in [0.29, 0.717) is 11.3 Å². The minimum Gasteiger partial charge on any atom is -0.463 e. The molecule has 4 aromatic rings. The number of esters is 1. The molecule has 2 N–H and O–H groups in total. The van der Waals surface area contributed by atoms with Gasteiger partial charge in [-0.2, -0.15) is 18.3 Å². The van der Waals surface area contributed by atoms with Gasteiger partial charge in [0, 0.05) is 24.4 Å². The Hall–Kier alpha value is -5.06. The van der Waals surface area contributed by atoms with Crippen molar-refractivity contribution in [1.29, 1.82) is 0 Å². The third kappa shape index (κ3) is 7.05. The number of aromatic nitrogens is 5. The molecule has 11 nitrogen and oxygen atoms in total. The average Bonchev–Trinajstić information content (AvgIpc) is 3.63. The van der Waals surface area contributed by atoms with Gasteiger partial charge in [-0.3, -0.25) is 24.5 Å². The summed E-state index contributed by atoms with van der Waals surface area (Å²) in [5, 5.41) is 3.79. The molecule has 0 unspecified atom stereocenters. The fourth-order valence-corrected chi connectivity index (χ4v) is 6.49. The minimum absolute atomic E-state index is 0.0566. The standard InChI is InChI=1S/C34H31ClF6N8O3/c1-31(2,38)17-33(21-6-3-19(4-7-21)23-15-43-11-12-44-23)29(51)48(30(42)47-33)25(16-52-26(50)14-32(9-10-32)34(39,40)41)20-5-8-22(35)24(13-20)49-28(27(36)37)45-18-46-49/h3-8,11-13,15,18,25,27H,9-10,14,16-17H2,1-2H3,(H2,42,47)/t25-,33-/m1/s1. The number of ether oxygens (including phenoxy) is 1. The van der Waals surface area contributed by atoms with E-state index >= 15 is 4.39 Å². The van der Waals surface area contributed by atoms with E-state index in [2.05, 4.69) is 25.0 Å². The molecular formula is C34H31ClF6N8O3. The molecule has 6 rings (SSSR count). The maximum Gasteiger partial charge on any atom is 0.395 e. The summed E-state index contributed by atoms with van der Waals surface area (Å²) in [6.45, 7) is 1.76. The van der Waals surface area contributed by atoms with Crippen LogP contribution in [0.2, 0.25) is 5.02 Å². The minimum atomic E-state index is -4.64. The second kappa shape index (κ2) is 13.5. The molecule has 2 aromatic heterocycles. The highest BCUT2D eigenvalue weighted by molar-refractivity contribution is 6.32. The van der Waals surface area contributed by atoms with Crippen molar-refractivity contribution in [3.8, 4) is 16.9 Å². The van der Waals surface area contributed by atoms with E-state index in [0.717, 1.165) is 15.9 Å². The molecule has 1 saturated carbocycles. The number of rotatable bonds is 12. The molecule has 0 spiro atoms. The van der Waals surface area contributed by atoms with E-state index in [1.54, 1.807) is 24.3 Å². The van der Waals surface area contributed by atoms with Gasteiger partial charge in [-0.05, 0) is 49.9 Å². The van der Waals surface area contributed by atoms with Crippen LogP contribution in [-0.4, -0.2) is 65.9 Å². The van der Waals surface area contributed by atoms with Crippen molar-refractivity contribution in [2.75, 3.05) is 6.61 Å². The van der Waals surface area contributed by atoms with E-state index in [1.807, 2.05) is 0 Å². The zero-order valence-corrected chi connectivity index (χ0v) is 28.4. The highest BCUT2D eigenvalue weighted by atomic mass is 35.5. The molecule has 0 radical (unpaired) electrons. The summed E-state index contributed by atoms with van der Waals surface area (Å²) in [4.78, 5) is 45.0. The van der Waals surface area contributed by atoms with Gasteiger partial charge in [-0.15, -0.1) is 0 Å². The highest BCUT2D eigenvalue weighted by Gasteiger charge is 2.64. The van der Waals surface area contributed by atoms with Crippen molar-refractivity contribution in [3.05, 3.63) is 89.4 Å². The molecule has 2 atom stereocenters. The number of amides is 1. The number of alkyl halides is 6. The van der Waals surface area contributed by atoms with Crippen molar-refractivity contribution in [1.82, 2.24) is 29.6 Å². The van der Waals surface area contributed by atoms with Crippen molar-refractivity contribution in [3.63, 3.8) is 0 Å². The number of hydrogen-bond donors (Lipinski definition) is 1. The Balaban J connectivity index is 1.41. The highest BCUT2D eigenvalue weighted by Crippen LogP contribution is 2.60. The number of halogens is 7. The lowest BCUT2D eigenvalue weighted by Gasteiger charge is -2.33. The molecule has 0 bridgehead atoms. The monoisotopic (exact) mass is 748 g/mol. The van der Waals surface area contributed by atoms with E-state index in [1.165, 1.54) is 50.6 Å². The SMILES string of the molecule is CC(C)(F)C[C@]1(c2ccc(-c3cnccn3)cc2)N=C(N)N([C@H](COC(=O)CC2(C(F)(F)F)CC2)c2ccc(Cl)c(-n3ncnc3C(F)F)c2)C1=O. The second-order valence-corrected chi connectivity index (χ2v) is 13.7. The summed E-state index contributed by atoms with van der Waals surface area (Å²) in [5.41, 5.74) is 1.67. The Morgan fingerprint density at radius 1 is 1.06 bits per heavy atom. The molecule has 3 heterocycles. The molecule has 1 aliphatic heterocycles. The molecule has 1 aliphatic carbocycles.